The first kappa shape index (κ1) is 16.7. The maximum Gasteiger partial charge on any atom is 0.335 e. The minimum absolute atomic E-state index is 0.153. The zero-order valence-electron chi connectivity index (χ0n) is 11.7. The Morgan fingerprint density at radius 3 is 2.55 bits per heavy atom. The smallest absolute Gasteiger partial charge is 0.335 e. The molecule has 0 amide bonds. The highest BCUT2D eigenvalue weighted by Gasteiger charge is 2.47. The Hall–Kier alpha value is -1.69. The second-order valence-electron chi connectivity index (χ2n) is 5.04. The van der Waals surface area contributed by atoms with Gasteiger partial charge in [0.1, 0.15) is 19.1 Å². The van der Waals surface area contributed by atoms with Crippen molar-refractivity contribution in [2.45, 2.75) is 25.1 Å². The molecule has 0 saturated heterocycles. The summed E-state index contributed by atoms with van der Waals surface area (Å²) in [6.45, 7) is -1.54. The highest BCUT2D eigenvalue weighted by atomic mass is 35.5. The Labute approximate surface area is 130 Å². The van der Waals surface area contributed by atoms with Crippen molar-refractivity contribution in [3.8, 4) is 5.75 Å². The molecule has 1 atom stereocenters. The lowest BCUT2D eigenvalue weighted by atomic mass is 9.90. The topological polar surface area (TPSA) is 46.5 Å². The van der Waals surface area contributed by atoms with Crippen LogP contribution in [0.3, 0.4) is 0 Å². The standard InChI is InChI=1S/C15H14ClF3O3/c1-2-8-5-12-9(4-11(8)16)3-10(14(20)21)13(22-12)15(19,6-17)7-18/h3-5,13H,2,6-7H2,1H3,(H,20,21). The van der Waals surface area contributed by atoms with Gasteiger partial charge in [-0.1, -0.05) is 18.5 Å². The van der Waals surface area contributed by atoms with Gasteiger partial charge in [0.05, 0.1) is 5.57 Å². The largest absolute Gasteiger partial charge is 0.481 e. The molecule has 2 rings (SSSR count). The quantitative estimate of drug-likeness (QED) is 0.891. The molecule has 3 nitrogen and oxygen atoms in total. The second kappa shape index (κ2) is 6.20. The number of rotatable bonds is 5. The van der Waals surface area contributed by atoms with Gasteiger partial charge in [0.15, 0.2) is 6.10 Å². The van der Waals surface area contributed by atoms with E-state index in [0.29, 0.717) is 22.6 Å². The predicted molar refractivity (Wildman–Crippen MR) is 76.6 cm³/mol. The van der Waals surface area contributed by atoms with Crippen LogP contribution in [-0.4, -0.2) is 36.2 Å². The Balaban J connectivity index is 2.57. The van der Waals surface area contributed by atoms with Crippen molar-refractivity contribution in [2.24, 2.45) is 0 Å². The van der Waals surface area contributed by atoms with E-state index in [4.69, 9.17) is 21.4 Å². The summed E-state index contributed by atoms with van der Waals surface area (Å²) < 4.78 is 45.4. The third-order valence-corrected chi connectivity index (χ3v) is 3.91. The second-order valence-corrected chi connectivity index (χ2v) is 5.45. The third kappa shape index (κ3) is 2.79. The van der Waals surface area contributed by atoms with Gasteiger partial charge < -0.3 is 9.84 Å². The zero-order valence-corrected chi connectivity index (χ0v) is 12.5. The molecule has 1 aliphatic rings. The number of benzene rings is 1. The molecule has 0 aliphatic carbocycles. The number of fused-ring (bicyclic) bond motifs is 1. The van der Waals surface area contributed by atoms with Gasteiger partial charge in [0, 0.05) is 10.6 Å². The van der Waals surface area contributed by atoms with Gasteiger partial charge in [0.2, 0.25) is 5.67 Å². The van der Waals surface area contributed by atoms with Crippen LogP contribution in [-0.2, 0) is 11.2 Å². The summed E-state index contributed by atoms with van der Waals surface area (Å²) in [5.41, 5.74) is -2.56. The summed E-state index contributed by atoms with van der Waals surface area (Å²) in [7, 11) is 0. The molecule has 1 aromatic rings. The molecule has 0 bridgehead atoms. The molecule has 120 valence electrons. The van der Waals surface area contributed by atoms with Crippen LogP contribution < -0.4 is 4.74 Å². The lowest BCUT2D eigenvalue weighted by Gasteiger charge is -2.33. The van der Waals surface area contributed by atoms with Crippen molar-refractivity contribution in [3.05, 3.63) is 33.9 Å². The molecule has 0 spiro atoms. The van der Waals surface area contributed by atoms with Crippen LogP contribution in [0.25, 0.3) is 6.08 Å². The van der Waals surface area contributed by atoms with E-state index < -0.39 is 36.7 Å². The molecule has 7 heteroatoms. The van der Waals surface area contributed by atoms with E-state index in [1.165, 1.54) is 12.1 Å². The zero-order chi connectivity index (χ0) is 16.5. The van der Waals surface area contributed by atoms with Crippen LogP contribution in [0.4, 0.5) is 13.2 Å². The van der Waals surface area contributed by atoms with E-state index in [9.17, 15) is 18.0 Å². The average molecular weight is 335 g/mol. The fraction of sp³-hybridized carbons (Fsp3) is 0.400. The number of carboxylic acid groups (broad SMARTS) is 1. The highest BCUT2D eigenvalue weighted by Crippen LogP contribution is 2.38. The molecule has 22 heavy (non-hydrogen) atoms. The first-order valence-corrected chi connectivity index (χ1v) is 6.99. The van der Waals surface area contributed by atoms with Crippen molar-refractivity contribution < 1.29 is 27.8 Å². The van der Waals surface area contributed by atoms with E-state index in [2.05, 4.69) is 0 Å². The minimum Gasteiger partial charge on any atom is -0.481 e. The van der Waals surface area contributed by atoms with Crippen LogP contribution in [0.1, 0.15) is 18.1 Å². The molecule has 1 N–H and O–H groups in total. The van der Waals surface area contributed by atoms with Gasteiger partial charge in [-0.3, -0.25) is 0 Å². The monoisotopic (exact) mass is 334 g/mol. The molecule has 0 saturated carbocycles. The summed E-state index contributed by atoms with van der Waals surface area (Å²) in [4.78, 5) is 11.3. The Morgan fingerprint density at radius 1 is 1.41 bits per heavy atom. The van der Waals surface area contributed by atoms with Gasteiger partial charge in [-0.15, -0.1) is 0 Å². The van der Waals surface area contributed by atoms with E-state index in [-0.39, 0.29) is 5.75 Å². The van der Waals surface area contributed by atoms with Crippen LogP contribution in [0.15, 0.2) is 17.7 Å². The van der Waals surface area contributed by atoms with Crippen molar-refractivity contribution in [1.82, 2.24) is 0 Å². The molecule has 1 unspecified atom stereocenters. The van der Waals surface area contributed by atoms with E-state index in [1.807, 2.05) is 6.92 Å². The van der Waals surface area contributed by atoms with Crippen LogP contribution >= 0.6 is 11.6 Å². The first-order valence-electron chi connectivity index (χ1n) is 6.61. The molecule has 1 heterocycles. The Bertz CT molecular complexity index is 627. The number of alkyl halides is 3. The summed E-state index contributed by atoms with van der Waals surface area (Å²) in [5, 5.41) is 9.57. The average Bonchev–Trinajstić information content (AvgIpc) is 2.52. The SMILES string of the molecule is CCc1cc2c(cc1Cl)C=C(C(=O)O)C(C(F)(CF)CF)O2. The molecular formula is C15H14ClF3O3. The number of ether oxygens (including phenoxy) is 1. The number of carbonyl (C=O) groups is 1. The van der Waals surface area contributed by atoms with Crippen molar-refractivity contribution in [3.63, 3.8) is 0 Å². The van der Waals surface area contributed by atoms with Gasteiger partial charge in [0.25, 0.3) is 0 Å². The number of carboxylic acids is 1. The Kier molecular flexibility index (Phi) is 4.70. The van der Waals surface area contributed by atoms with Gasteiger partial charge in [-0.2, -0.15) is 0 Å². The summed E-state index contributed by atoms with van der Waals surface area (Å²) in [5.74, 6) is -1.35. The number of hydrogen-bond acceptors (Lipinski definition) is 2. The number of halogens is 4. The van der Waals surface area contributed by atoms with Crippen molar-refractivity contribution >= 4 is 23.6 Å². The van der Waals surface area contributed by atoms with E-state index in [1.54, 1.807) is 0 Å². The fourth-order valence-corrected chi connectivity index (χ4v) is 2.57. The molecular weight excluding hydrogens is 321 g/mol. The summed E-state index contributed by atoms with van der Waals surface area (Å²) >= 11 is 6.04. The molecule has 0 fully saturated rings. The maximum atomic E-state index is 14.3. The van der Waals surface area contributed by atoms with E-state index >= 15 is 0 Å². The molecule has 1 aliphatic heterocycles. The number of aryl methyl sites for hydroxylation is 1. The number of hydrogen-bond donors (Lipinski definition) is 1. The van der Waals surface area contributed by atoms with Gasteiger partial charge in [-0.25, -0.2) is 18.0 Å². The van der Waals surface area contributed by atoms with Crippen LogP contribution in [0.2, 0.25) is 5.02 Å². The third-order valence-electron chi connectivity index (χ3n) is 3.56. The molecule has 1 aromatic carbocycles. The first-order chi connectivity index (χ1) is 10.4. The van der Waals surface area contributed by atoms with Crippen LogP contribution in [0, 0.1) is 0 Å². The summed E-state index contributed by atoms with van der Waals surface area (Å²) in [6, 6.07) is 3.01. The van der Waals surface area contributed by atoms with E-state index in [0.717, 1.165) is 6.08 Å². The fourth-order valence-electron chi connectivity index (χ4n) is 2.26. The van der Waals surface area contributed by atoms with Crippen molar-refractivity contribution in [1.29, 1.82) is 0 Å². The predicted octanol–water partition coefficient (Wildman–Crippen LogP) is 3.78. The highest BCUT2D eigenvalue weighted by molar-refractivity contribution is 6.31. The minimum atomic E-state index is -3.05. The lowest BCUT2D eigenvalue weighted by Crippen LogP contribution is -2.49. The molecule has 0 radical (unpaired) electrons. The normalized spacial score (nSPS) is 17.5. The van der Waals surface area contributed by atoms with Crippen LogP contribution in [0.5, 0.6) is 5.75 Å². The van der Waals surface area contributed by atoms with Gasteiger partial charge >= 0.3 is 5.97 Å². The maximum absolute atomic E-state index is 14.3. The van der Waals surface area contributed by atoms with Gasteiger partial charge in [-0.05, 0) is 30.2 Å². The Morgan fingerprint density at radius 2 is 2.05 bits per heavy atom. The lowest BCUT2D eigenvalue weighted by molar-refractivity contribution is -0.135. The van der Waals surface area contributed by atoms with Crippen molar-refractivity contribution in [2.75, 3.05) is 13.3 Å². The molecule has 0 aromatic heterocycles. The number of aliphatic carboxylic acids is 1. The summed E-state index contributed by atoms with van der Waals surface area (Å²) in [6.07, 6.45) is -0.155.